The lowest BCUT2D eigenvalue weighted by atomic mass is 10.0. The van der Waals surface area contributed by atoms with Crippen LogP contribution in [0.15, 0.2) is 71.6 Å². The van der Waals surface area contributed by atoms with Crippen LogP contribution in [0.4, 0.5) is 11.4 Å². The van der Waals surface area contributed by atoms with E-state index < -0.39 is 16.0 Å². The molecule has 0 aromatic heterocycles. The third-order valence-corrected chi connectivity index (χ3v) is 8.79. The van der Waals surface area contributed by atoms with Gasteiger partial charge in [-0.15, -0.1) is 0 Å². The Kier molecular flexibility index (Phi) is 11.0. The minimum absolute atomic E-state index is 0.0796. The average Bonchev–Trinajstić information content (AvgIpc) is 3.04. The zero-order valence-electron chi connectivity index (χ0n) is 24.9. The van der Waals surface area contributed by atoms with Gasteiger partial charge in [0.1, 0.15) is 5.75 Å². The number of carbonyl (C=O) groups excluding carboxylic acids is 2. The van der Waals surface area contributed by atoms with Crippen LogP contribution in [0, 0.1) is 0 Å². The van der Waals surface area contributed by atoms with E-state index in [4.69, 9.17) is 14.2 Å². The first-order valence-corrected chi connectivity index (χ1v) is 15.8. The SMILES string of the molecule is COCCCCCc1ccc(NS(=O)(=O)c2cccc(C(=O)N3CCN(c4ccccc4OC)CC3)c2)c(C(=O)OC)c1. The molecular formula is C32H39N3O7S. The maximum Gasteiger partial charge on any atom is 0.340 e. The van der Waals surface area contributed by atoms with E-state index in [0.717, 1.165) is 42.7 Å². The van der Waals surface area contributed by atoms with Gasteiger partial charge in [-0.3, -0.25) is 9.52 Å². The average molecular weight is 610 g/mol. The Morgan fingerprint density at radius 2 is 1.63 bits per heavy atom. The number of anilines is 2. The number of methoxy groups -OCH3 is 3. The number of nitrogens with one attached hydrogen (secondary N) is 1. The molecular weight excluding hydrogens is 570 g/mol. The van der Waals surface area contributed by atoms with Gasteiger partial charge in [0.2, 0.25) is 0 Å². The highest BCUT2D eigenvalue weighted by Gasteiger charge is 2.26. The van der Waals surface area contributed by atoms with Crippen LogP contribution in [0.2, 0.25) is 0 Å². The molecule has 1 heterocycles. The molecule has 0 saturated carbocycles. The van der Waals surface area contributed by atoms with Crippen LogP contribution in [0.5, 0.6) is 5.75 Å². The molecule has 3 aromatic rings. The van der Waals surface area contributed by atoms with Gasteiger partial charge in [0.05, 0.1) is 36.1 Å². The number of nitrogens with zero attached hydrogens (tertiary/aromatic N) is 2. The number of benzene rings is 3. The monoisotopic (exact) mass is 609 g/mol. The molecule has 1 fully saturated rings. The second kappa shape index (κ2) is 14.9. The summed E-state index contributed by atoms with van der Waals surface area (Å²) >= 11 is 0. The van der Waals surface area contributed by atoms with E-state index in [1.54, 1.807) is 49.5 Å². The van der Waals surface area contributed by atoms with Gasteiger partial charge >= 0.3 is 5.97 Å². The Balaban J connectivity index is 1.45. The molecule has 10 nitrogen and oxygen atoms in total. The molecule has 0 radical (unpaired) electrons. The van der Waals surface area contributed by atoms with Crippen molar-refractivity contribution in [3.63, 3.8) is 0 Å². The summed E-state index contributed by atoms with van der Waals surface area (Å²) in [5.74, 6) is -0.118. The van der Waals surface area contributed by atoms with Crippen molar-refractivity contribution in [2.75, 3.05) is 63.7 Å². The summed E-state index contributed by atoms with van der Waals surface area (Å²) in [4.78, 5) is 29.7. The molecule has 1 amide bonds. The molecule has 43 heavy (non-hydrogen) atoms. The van der Waals surface area contributed by atoms with Gasteiger partial charge in [-0.25, -0.2) is 13.2 Å². The minimum Gasteiger partial charge on any atom is -0.495 e. The van der Waals surface area contributed by atoms with E-state index in [1.807, 2.05) is 24.3 Å². The fraction of sp³-hybridized carbons (Fsp3) is 0.375. The first kappa shape index (κ1) is 31.8. The molecule has 0 atom stereocenters. The molecule has 0 bridgehead atoms. The van der Waals surface area contributed by atoms with Gasteiger partial charge in [0.25, 0.3) is 15.9 Å². The smallest absolute Gasteiger partial charge is 0.340 e. The normalized spacial score (nSPS) is 13.5. The highest BCUT2D eigenvalue weighted by Crippen LogP contribution is 2.29. The number of aryl methyl sites for hydroxylation is 1. The number of carbonyl (C=O) groups is 2. The molecule has 3 aromatic carbocycles. The van der Waals surface area contributed by atoms with Crippen molar-refractivity contribution in [1.29, 1.82) is 0 Å². The minimum atomic E-state index is -4.12. The van der Waals surface area contributed by atoms with Crippen molar-refractivity contribution in [3.05, 3.63) is 83.4 Å². The van der Waals surface area contributed by atoms with Crippen molar-refractivity contribution in [1.82, 2.24) is 4.90 Å². The number of esters is 1. The maximum atomic E-state index is 13.4. The number of piperazine rings is 1. The summed E-state index contributed by atoms with van der Waals surface area (Å²) in [6.45, 7) is 2.89. The first-order chi connectivity index (χ1) is 20.8. The van der Waals surface area contributed by atoms with Crippen LogP contribution in [0.3, 0.4) is 0 Å². The highest BCUT2D eigenvalue weighted by molar-refractivity contribution is 7.92. The van der Waals surface area contributed by atoms with Gasteiger partial charge in [-0.2, -0.15) is 0 Å². The number of para-hydroxylation sites is 2. The molecule has 230 valence electrons. The van der Waals surface area contributed by atoms with Gasteiger partial charge < -0.3 is 24.0 Å². The summed E-state index contributed by atoms with van der Waals surface area (Å²) in [7, 11) is 0.433. The fourth-order valence-electron chi connectivity index (χ4n) is 5.09. The van der Waals surface area contributed by atoms with Gasteiger partial charge in [0, 0.05) is 45.5 Å². The van der Waals surface area contributed by atoms with Crippen molar-refractivity contribution in [2.24, 2.45) is 0 Å². The lowest BCUT2D eigenvalue weighted by Gasteiger charge is -2.36. The first-order valence-electron chi connectivity index (χ1n) is 14.3. The molecule has 1 N–H and O–H groups in total. The number of rotatable bonds is 13. The molecule has 0 unspecified atom stereocenters. The standard InChI is InChI=1S/C32H39N3O7S/c1-40-21-8-4-5-10-24-15-16-28(27(22-24)32(37)42-3)33-43(38,39)26-12-9-11-25(23-26)31(36)35-19-17-34(18-20-35)29-13-6-7-14-30(29)41-2/h6-7,9,11-16,22-23,33H,4-5,8,10,17-21H2,1-3H3. The second-order valence-corrected chi connectivity index (χ2v) is 11.9. The lowest BCUT2D eigenvalue weighted by Crippen LogP contribution is -2.48. The van der Waals surface area contributed by atoms with E-state index in [1.165, 1.54) is 19.2 Å². The van der Waals surface area contributed by atoms with Gasteiger partial charge in [0.15, 0.2) is 0 Å². The maximum absolute atomic E-state index is 13.4. The summed E-state index contributed by atoms with van der Waals surface area (Å²) in [6.07, 6.45) is 3.56. The van der Waals surface area contributed by atoms with Crippen LogP contribution < -0.4 is 14.4 Å². The van der Waals surface area contributed by atoms with E-state index in [9.17, 15) is 18.0 Å². The zero-order chi connectivity index (χ0) is 30.8. The van der Waals surface area contributed by atoms with Crippen molar-refractivity contribution in [3.8, 4) is 5.75 Å². The molecule has 0 aliphatic carbocycles. The van der Waals surface area contributed by atoms with Gasteiger partial charge in [-0.05, 0) is 67.3 Å². The zero-order valence-corrected chi connectivity index (χ0v) is 25.7. The largest absolute Gasteiger partial charge is 0.495 e. The molecule has 0 spiro atoms. The third-order valence-electron chi connectivity index (χ3n) is 7.43. The number of unbranched alkanes of at least 4 members (excludes halogenated alkanes) is 2. The summed E-state index contributed by atoms with van der Waals surface area (Å²) in [5.41, 5.74) is 2.38. The number of ether oxygens (including phenoxy) is 3. The number of sulfonamides is 1. The Labute approximate surface area is 253 Å². The predicted octanol–water partition coefficient (Wildman–Crippen LogP) is 4.60. The van der Waals surface area contributed by atoms with Crippen molar-refractivity contribution in [2.45, 2.75) is 30.6 Å². The third kappa shape index (κ3) is 8.05. The van der Waals surface area contributed by atoms with Gasteiger partial charge in [-0.1, -0.05) is 30.7 Å². The van der Waals surface area contributed by atoms with Crippen LogP contribution in [-0.2, 0) is 25.9 Å². The van der Waals surface area contributed by atoms with Crippen LogP contribution in [0.1, 0.15) is 45.5 Å². The summed E-state index contributed by atoms with van der Waals surface area (Å²) < 4.78 is 44.8. The molecule has 1 aliphatic rings. The van der Waals surface area contributed by atoms with E-state index in [2.05, 4.69) is 9.62 Å². The van der Waals surface area contributed by atoms with E-state index in [-0.39, 0.29) is 27.6 Å². The number of amides is 1. The van der Waals surface area contributed by atoms with Crippen LogP contribution >= 0.6 is 0 Å². The Morgan fingerprint density at radius 3 is 2.35 bits per heavy atom. The summed E-state index contributed by atoms with van der Waals surface area (Å²) in [6, 6.07) is 18.7. The van der Waals surface area contributed by atoms with E-state index in [0.29, 0.717) is 32.8 Å². The second-order valence-electron chi connectivity index (χ2n) is 10.3. The Hall–Kier alpha value is -4.09. The Morgan fingerprint density at radius 1 is 0.860 bits per heavy atom. The van der Waals surface area contributed by atoms with Crippen LogP contribution in [0.25, 0.3) is 0 Å². The lowest BCUT2D eigenvalue weighted by molar-refractivity contribution is 0.0601. The number of hydrogen-bond donors (Lipinski definition) is 1. The molecule has 1 saturated heterocycles. The fourth-order valence-corrected chi connectivity index (χ4v) is 6.22. The molecule has 11 heteroatoms. The Bertz CT molecular complexity index is 1520. The highest BCUT2D eigenvalue weighted by atomic mass is 32.2. The summed E-state index contributed by atoms with van der Waals surface area (Å²) in [5, 5.41) is 0. The van der Waals surface area contributed by atoms with E-state index >= 15 is 0 Å². The van der Waals surface area contributed by atoms with Crippen molar-refractivity contribution < 1.29 is 32.2 Å². The van der Waals surface area contributed by atoms with Crippen molar-refractivity contribution >= 4 is 33.3 Å². The predicted molar refractivity (Wildman–Crippen MR) is 166 cm³/mol. The quantitative estimate of drug-likeness (QED) is 0.221. The van der Waals surface area contributed by atoms with Crippen LogP contribution in [-0.4, -0.2) is 79.3 Å². The molecule has 4 rings (SSSR count). The number of hydrogen-bond acceptors (Lipinski definition) is 8. The molecule has 1 aliphatic heterocycles. The topological polar surface area (TPSA) is 114 Å².